The molecule has 2 aliphatic rings. The van der Waals surface area contributed by atoms with Crippen molar-refractivity contribution in [3.05, 3.63) is 41.6 Å². The second-order valence-corrected chi connectivity index (χ2v) is 7.04. The van der Waals surface area contributed by atoms with Crippen molar-refractivity contribution in [2.24, 2.45) is 0 Å². The summed E-state index contributed by atoms with van der Waals surface area (Å²) in [5.41, 5.74) is 1.25. The van der Waals surface area contributed by atoms with Crippen LogP contribution in [0.1, 0.15) is 49.1 Å². The predicted molar refractivity (Wildman–Crippen MR) is 94.5 cm³/mol. The third-order valence-electron chi connectivity index (χ3n) is 5.31. The maximum absolute atomic E-state index is 5.79. The fraction of sp³-hybridized carbons (Fsp3) is 0.579. The summed E-state index contributed by atoms with van der Waals surface area (Å²) in [7, 11) is 1.74. The molecule has 4 rings (SSSR count). The quantitative estimate of drug-likeness (QED) is 0.805. The molecule has 2 fully saturated rings. The summed E-state index contributed by atoms with van der Waals surface area (Å²) < 4.78 is 11.3. The Hall–Kier alpha value is -1.92. The molecule has 6 heteroatoms. The van der Waals surface area contributed by atoms with Gasteiger partial charge in [0, 0.05) is 43.7 Å². The number of rotatable bonds is 6. The van der Waals surface area contributed by atoms with E-state index in [0.29, 0.717) is 12.0 Å². The maximum atomic E-state index is 5.79. The molecule has 1 aliphatic heterocycles. The Morgan fingerprint density at radius 1 is 1.16 bits per heavy atom. The molecular formula is C19H26N4O2. The Labute approximate surface area is 148 Å². The number of piperazine rings is 1. The van der Waals surface area contributed by atoms with E-state index in [4.69, 9.17) is 9.15 Å². The average molecular weight is 342 g/mol. The summed E-state index contributed by atoms with van der Waals surface area (Å²) in [5.74, 6) is 3.09. The zero-order valence-electron chi connectivity index (χ0n) is 15.0. The van der Waals surface area contributed by atoms with Crippen LogP contribution in [0.5, 0.6) is 5.75 Å². The van der Waals surface area contributed by atoms with Crippen molar-refractivity contribution in [2.45, 2.75) is 38.3 Å². The number of aromatic nitrogens is 2. The van der Waals surface area contributed by atoms with Gasteiger partial charge >= 0.3 is 0 Å². The molecule has 1 atom stereocenters. The lowest BCUT2D eigenvalue weighted by Gasteiger charge is -2.38. The van der Waals surface area contributed by atoms with Gasteiger partial charge in [-0.05, 0) is 25.8 Å². The predicted octanol–water partition coefficient (Wildman–Crippen LogP) is 2.83. The molecular weight excluding hydrogens is 316 g/mol. The lowest BCUT2D eigenvalue weighted by Crippen LogP contribution is -2.46. The minimum atomic E-state index is 0.350. The monoisotopic (exact) mass is 342 g/mol. The molecule has 25 heavy (non-hydrogen) atoms. The first-order valence-electron chi connectivity index (χ1n) is 9.16. The molecule has 1 unspecified atom stereocenters. The summed E-state index contributed by atoms with van der Waals surface area (Å²) in [5, 5.41) is 8.39. The molecule has 1 aliphatic carbocycles. The molecule has 0 N–H and O–H groups in total. The third kappa shape index (κ3) is 3.70. The number of nitrogens with zero attached hydrogens (tertiary/aromatic N) is 4. The van der Waals surface area contributed by atoms with Gasteiger partial charge in [-0.15, -0.1) is 10.2 Å². The third-order valence-corrected chi connectivity index (χ3v) is 5.31. The minimum absolute atomic E-state index is 0.350. The van der Waals surface area contributed by atoms with Crippen LogP contribution in [0.15, 0.2) is 28.7 Å². The molecule has 1 aromatic carbocycles. The van der Waals surface area contributed by atoms with Crippen LogP contribution in [0.3, 0.4) is 0 Å². The normalized spacial score (nSPS) is 20.6. The Balaban J connectivity index is 1.32. The Morgan fingerprint density at radius 2 is 1.92 bits per heavy atom. The summed E-state index contributed by atoms with van der Waals surface area (Å²) in [6, 6.07) is 8.65. The Morgan fingerprint density at radius 3 is 2.64 bits per heavy atom. The van der Waals surface area contributed by atoms with Crippen LogP contribution in [-0.2, 0) is 6.54 Å². The molecule has 6 nitrogen and oxygen atoms in total. The van der Waals surface area contributed by atoms with E-state index in [0.717, 1.165) is 50.3 Å². The molecule has 1 saturated carbocycles. The van der Waals surface area contributed by atoms with E-state index in [1.165, 1.54) is 18.4 Å². The highest BCUT2D eigenvalue weighted by atomic mass is 16.5. The van der Waals surface area contributed by atoms with Gasteiger partial charge in [-0.1, -0.05) is 18.2 Å². The zero-order chi connectivity index (χ0) is 17.2. The number of hydrogen-bond acceptors (Lipinski definition) is 6. The van der Waals surface area contributed by atoms with Gasteiger partial charge in [0.2, 0.25) is 11.8 Å². The fourth-order valence-corrected chi connectivity index (χ4v) is 3.53. The van der Waals surface area contributed by atoms with Crippen molar-refractivity contribution in [3.63, 3.8) is 0 Å². The van der Waals surface area contributed by atoms with Gasteiger partial charge in [0.05, 0.1) is 13.7 Å². The summed E-state index contributed by atoms with van der Waals surface area (Å²) in [6.07, 6.45) is 2.39. The van der Waals surface area contributed by atoms with Crippen molar-refractivity contribution in [1.82, 2.24) is 20.0 Å². The molecule has 2 heterocycles. The van der Waals surface area contributed by atoms with E-state index in [2.05, 4.69) is 39.1 Å². The first-order chi connectivity index (χ1) is 12.2. The van der Waals surface area contributed by atoms with Gasteiger partial charge in [0.25, 0.3) is 0 Å². The lowest BCUT2D eigenvalue weighted by atomic mass is 10.0. The van der Waals surface area contributed by atoms with Gasteiger partial charge < -0.3 is 9.15 Å². The maximum Gasteiger partial charge on any atom is 0.230 e. The van der Waals surface area contributed by atoms with Crippen LogP contribution in [-0.4, -0.2) is 53.3 Å². The molecule has 0 amide bonds. The first-order valence-corrected chi connectivity index (χ1v) is 9.16. The minimum Gasteiger partial charge on any atom is -0.496 e. The van der Waals surface area contributed by atoms with E-state index in [9.17, 15) is 0 Å². The molecule has 1 saturated heterocycles. The number of benzene rings is 1. The Bertz CT molecular complexity index is 705. The summed E-state index contributed by atoms with van der Waals surface area (Å²) in [6.45, 7) is 7.11. The Kier molecular flexibility index (Phi) is 4.72. The topological polar surface area (TPSA) is 54.6 Å². The van der Waals surface area contributed by atoms with E-state index >= 15 is 0 Å². The van der Waals surface area contributed by atoms with Gasteiger partial charge in [0.1, 0.15) is 5.75 Å². The number of para-hydroxylation sites is 1. The van der Waals surface area contributed by atoms with Crippen LogP contribution in [0.2, 0.25) is 0 Å². The molecule has 0 spiro atoms. The molecule has 1 aromatic heterocycles. The van der Waals surface area contributed by atoms with Gasteiger partial charge in [0.15, 0.2) is 0 Å². The highest BCUT2D eigenvalue weighted by molar-refractivity contribution is 5.35. The first kappa shape index (κ1) is 16.5. The second kappa shape index (κ2) is 7.14. The fourth-order valence-electron chi connectivity index (χ4n) is 3.53. The van der Waals surface area contributed by atoms with Crippen molar-refractivity contribution >= 4 is 0 Å². The smallest absolute Gasteiger partial charge is 0.230 e. The van der Waals surface area contributed by atoms with Crippen LogP contribution in [0, 0.1) is 0 Å². The van der Waals surface area contributed by atoms with E-state index < -0.39 is 0 Å². The van der Waals surface area contributed by atoms with E-state index in [1.54, 1.807) is 7.11 Å². The summed E-state index contributed by atoms with van der Waals surface area (Å²) in [4.78, 5) is 4.91. The van der Waals surface area contributed by atoms with Crippen molar-refractivity contribution in [1.29, 1.82) is 0 Å². The highest BCUT2D eigenvalue weighted by Gasteiger charge is 2.30. The molecule has 134 valence electrons. The largest absolute Gasteiger partial charge is 0.496 e. The molecule has 0 radical (unpaired) electrons. The lowest BCUT2D eigenvalue weighted by molar-refractivity contribution is 0.0909. The summed E-state index contributed by atoms with van der Waals surface area (Å²) >= 11 is 0. The van der Waals surface area contributed by atoms with E-state index in [-0.39, 0.29) is 0 Å². The van der Waals surface area contributed by atoms with Crippen LogP contribution < -0.4 is 4.74 Å². The van der Waals surface area contributed by atoms with Crippen LogP contribution in [0.25, 0.3) is 0 Å². The van der Waals surface area contributed by atoms with E-state index in [1.807, 2.05) is 12.1 Å². The van der Waals surface area contributed by atoms with Gasteiger partial charge in [-0.25, -0.2) is 0 Å². The van der Waals surface area contributed by atoms with Crippen LogP contribution in [0.4, 0.5) is 0 Å². The van der Waals surface area contributed by atoms with Crippen LogP contribution >= 0.6 is 0 Å². The molecule has 0 bridgehead atoms. The van der Waals surface area contributed by atoms with Crippen molar-refractivity contribution in [2.75, 3.05) is 33.3 Å². The molecule has 2 aromatic rings. The number of hydrogen-bond donors (Lipinski definition) is 0. The zero-order valence-corrected chi connectivity index (χ0v) is 15.0. The average Bonchev–Trinajstić information content (AvgIpc) is 3.41. The standard InChI is InChI=1S/C19H26N4O2/c1-14(16-5-3-4-6-17(16)24-2)23-11-9-22(10-12-23)13-18-20-21-19(25-18)15-7-8-15/h3-6,14-15H,7-13H2,1-2H3. The van der Waals surface area contributed by atoms with Gasteiger partial charge in [-0.3, -0.25) is 9.80 Å². The SMILES string of the molecule is COc1ccccc1C(C)N1CCN(Cc2nnc(C3CC3)o2)CC1. The van der Waals surface area contributed by atoms with Gasteiger partial charge in [-0.2, -0.15) is 0 Å². The van der Waals surface area contributed by atoms with Crippen molar-refractivity contribution in [3.8, 4) is 5.75 Å². The highest BCUT2D eigenvalue weighted by Crippen LogP contribution is 2.39. The van der Waals surface area contributed by atoms with Crippen molar-refractivity contribution < 1.29 is 9.15 Å². The number of ether oxygens (including phenoxy) is 1. The second-order valence-electron chi connectivity index (χ2n) is 7.04. The number of methoxy groups -OCH3 is 1.